The third-order valence-corrected chi connectivity index (χ3v) is 7.62. The fourth-order valence-electron chi connectivity index (χ4n) is 5.62. The molecule has 26 heavy (non-hydrogen) atoms. The van der Waals surface area contributed by atoms with Gasteiger partial charge in [-0.1, -0.05) is 32.9 Å². The van der Waals surface area contributed by atoms with Gasteiger partial charge in [0.15, 0.2) is 11.5 Å². The summed E-state index contributed by atoms with van der Waals surface area (Å²) >= 11 is 0. The van der Waals surface area contributed by atoms with Crippen molar-refractivity contribution in [2.75, 3.05) is 7.11 Å². The summed E-state index contributed by atoms with van der Waals surface area (Å²) in [5.41, 5.74) is 1.42. The summed E-state index contributed by atoms with van der Waals surface area (Å²) in [5, 5.41) is 10.4. The first-order chi connectivity index (χ1) is 12.1. The number of Topliss-reactive ketones (excluding diaryl/α,β-unsaturated/α-hetero) is 1. The van der Waals surface area contributed by atoms with Crippen LogP contribution in [0.2, 0.25) is 0 Å². The predicted molar refractivity (Wildman–Crippen MR) is 100 cm³/mol. The number of methoxy groups -OCH3 is 1. The van der Waals surface area contributed by atoms with Crippen LogP contribution in [-0.4, -0.2) is 23.8 Å². The van der Waals surface area contributed by atoms with Crippen LogP contribution in [0.3, 0.4) is 0 Å². The van der Waals surface area contributed by atoms with E-state index in [2.05, 4.69) is 27.4 Å². The Bertz CT molecular complexity index is 728. The van der Waals surface area contributed by atoms with Gasteiger partial charge >= 0.3 is 0 Å². The molecule has 1 N–H and O–H groups in total. The second-order valence-corrected chi connectivity index (χ2v) is 8.82. The molecule has 3 rings (SSSR count). The second kappa shape index (κ2) is 6.40. The van der Waals surface area contributed by atoms with Crippen LogP contribution in [0, 0.1) is 22.7 Å². The number of ketones is 2. The molecular weight excluding hydrogens is 328 g/mol. The lowest BCUT2D eigenvalue weighted by Gasteiger charge is -2.59. The molecule has 0 saturated heterocycles. The number of rotatable bonds is 3. The maximum atomic E-state index is 12.8. The molecule has 0 aliphatic heterocycles. The maximum absolute atomic E-state index is 12.8. The maximum Gasteiger partial charge on any atom is 0.227 e. The fourth-order valence-corrected chi connectivity index (χ4v) is 5.62. The molecule has 0 amide bonds. The molecule has 4 heteroatoms. The third-order valence-electron chi connectivity index (χ3n) is 7.62. The van der Waals surface area contributed by atoms with Gasteiger partial charge in [-0.25, -0.2) is 0 Å². The van der Waals surface area contributed by atoms with Gasteiger partial charge in [0.1, 0.15) is 0 Å². The van der Waals surface area contributed by atoms with Gasteiger partial charge in [0.25, 0.3) is 0 Å². The van der Waals surface area contributed by atoms with Crippen LogP contribution in [0.1, 0.15) is 59.3 Å². The summed E-state index contributed by atoms with van der Waals surface area (Å²) in [5.74, 6) is -0.511. The zero-order valence-electron chi connectivity index (χ0n) is 16.4. The van der Waals surface area contributed by atoms with E-state index in [9.17, 15) is 14.7 Å². The highest BCUT2D eigenvalue weighted by molar-refractivity contribution is 6.20. The number of allylic oxidation sites excluding steroid dienone is 3. The number of aliphatic hydroxyl groups is 1. The third kappa shape index (κ3) is 2.65. The Morgan fingerprint density at radius 3 is 2.65 bits per heavy atom. The molecule has 2 saturated carbocycles. The summed E-state index contributed by atoms with van der Waals surface area (Å²) in [7, 11) is 1.38. The summed E-state index contributed by atoms with van der Waals surface area (Å²) in [6, 6.07) is 0. The molecule has 4 atom stereocenters. The van der Waals surface area contributed by atoms with Crippen LogP contribution >= 0.6 is 0 Å². The van der Waals surface area contributed by atoms with Crippen LogP contribution in [-0.2, 0) is 14.3 Å². The number of ether oxygens (including phenoxy) is 1. The smallest absolute Gasteiger partial charge is 0.227 e. The number of fused-ring (bicyclic) bond motifs is 1. The van der Waals surface area contributed by atoms with Gasteiger partial charge in [0.2, 0.25) is 11.6 Å². The van der Waals surface area contributed by atoms with Crippen LogP contribution in [0.15, 0.2) is 35.3 Å². The number of aliphatic hydroxyl groups excluding tert-OH is 1. The minimum atomic E-state index is -0.542. The van der Waals surface area contributed by atoms with Crippen LogP contribution in [0.4, 0.5) is 0 Å². The molecule has 0 spiro atoms. The summed E-state index contributed by atoms with van der Waals surface area (Å²) in [6.45, 7) is 11.1. The van der Waals surface area contributed by atoms with Crippen molar-refractivity contribution < 1.29 is 19.4 Å². The molecule has 0 aromatic heterocycles. The van der Waals surface area contributed by atoms with Crippen molar-refractivity contribution in [2.24, 2.45) is 22.7 Å². The summed E-state index contributed by atoms with van der Waals surface area (Å²) in [4.78, 5) is 24.9. The molecule has 4 nitrogen and oxygen atoms in total. The molecule has 0 heterocycles. The standard InChI is InChI=1S/C22H30O4/c1-13-7-6-8-18-21(13,3)10-9-14(2)22(18,4)12-15-19(24)16(23)11-17(26-5)20(15)25/h11,14,18,24H,1,6-10,12H2,2-5H3/t14-,18-,21+,22-/m1/s1. The monoisotopic (exact) mass is 358 g/mol. The van der Waals surface area contributed by atoms with E-state index >= 15 is 0 Å². The summed E-state index contributed by atoms with van der Waals surface area (Å²) in [6.07, 6.45) is 6.95. The average molecular weight is 358 g/mol. The first kappa shape index (κ1) is 18.9. The van der Waals surface area contributed by atoms with E-state index in [-0.39, 0.29) is 27.9 Å². The van der Waals surface area contributed by atoms with Crippen molar-refractivity contribution in [1.29, 1.82) is 0 Å². The molecule has 0 bridgehead atoms. The fraction of sp³-hybridized carbons (Fsp3) is 0.636. The number of carbonyl (C=O) groups is 2. The van der Waals surface area contributed by atoms with Gasteiger partial charge in [-0.2, -0.15) is 0 Å². The average Bonchev–Trinajstić information content (AvgIpc) is 2.61. The number of hydrogen-bond acceptors (Lipinski definition) is 4. The first-order valence-electron chi connectivity index (χ1n) is 9.60. The van der Waals surface area contributed by atoms with Gasteiger partial charge in [0.05, 0.1) is 7.11 Å². The molecule has 0 unspecified atom stereocenters. The zero-order chi connectivity index (χ0) is 19.3. The van der Waals surface area contributed by atoms with Crippen molar-refractivity contribution in [3.63, 3.8) is 0 Å². The van der Waals surface area contributed by atoms with Crippen LogP contribution in [0.5, 0.6) is 0 Å². The van der Waals surface area contributed by atoms with Gasteiger partial charge in [-0.15, -0.1) is 0 Å². The number of carbonyl (C=O) groups excluding carboxylic acids is 2. The Labute approximate surface area is 156 Å². The van der Waals surface area contributed by atoms with E-state index in [1.165, 1.54) is 12.7 Å². The topological polar surface area (TPSA) is 63.6 Å². The molecule has 0 radical (unpaired) electrons. The van der Waals surface area contributed by atoms with E-state index in [1.807, 2.05) is 0 Å². The van der Waals surface area contributed by atoms with Crippen molar-refractivity contribution >= 4 is 11.6 Å². The minimum Gasteiger partial charge on any atom is -0.504 e. The Kier molecular flexibility index (Phi) is 4.66. The van der Waals surface area contributed by atoms with Crippen molar-refractivity contribution in [3.05, 3.63) is 35.3 Å². The van der Waals surface area contributed by atoms with Crippen molar-refractivity contribution in [2.45, 2.75) is 59.3 Å². The lowest BCUT2D eigenvalue weighted by atomic mass is 9.46. The highest BCUT2D eigenvalue weighted by Crippen LogP contribution is 2.63. The van der Waals surface area contributed by atoms with Crippen molar-refractivity contribution in [3.8, 4) is 0 Å². The van der Waals surface area contributed by atoms with Crippen molar-refractivity contribution in [1.82, 2.24) is 0 Å². The Balaban J connectivity index is 2.01. The molecule has 0 aromatic carbocycles. The largest absolute Gasteiger partial charge is 0.504 e. The Hall–Kier alpha value is -1.84. The van der Waals surface area contributed by atoms with E-state index < -0.39 is 11.5 Å². The molecule has 142 valence electrons. The van der Waals surface area contributed by atoms with Crippen LogP contribution < -0.4 is 0 Å². The van der Waals surface area contributed by atoms with Gasteiger partial charge in [0, 0.05) is 11.6 Å². The SMILES string of the molecule is C=C1CCC[C@H]2[C@](C)(CC3=C(O)C(=O)C=C(OC)C3=O)[C@H](C)CC[C@@]12C. The first-order valence-corrected chi connectivity index (χ1v) is 9.60. The second-order valence-electron chi connectivity index (χ2n) is 8.82. The van der Waals surface area contributed by atoms with Gasteiger partial charge < -0.3 is 9.84 Å². The van der Waals surface area contributed by atoms with E-state index in [0.29, 0.717) is 18.3 Å². The minimum absolute atomic E-state index is 0.0191. The highest BCUT2D eigenvalue weighted by atomic mass is 16.5. The Morgan fingerprint density at radius 2 is 2.00 bits per heavy atom. The van der Waals surface area contributed by atoms with E-state index in [1.54, 1.807) is 0 Å². The van der Waals surface area contributed by atoms with E-state index in [4.69, 9.17) is 4.74 Å². The molecule has 0 aromatic rings. The molecular formula is C22H30O4. The van der Waals surface area contributed by atoms with Gasteiger partial charge in [-0.05, 0) is 61.2 Å². The number of hydrogen-bond donors (Lipinski definition) is 1. The lowest BCUT2D eigenvalue weighted by Crippen LogP contribution is -2.50. The highest BCUT2D eigenvalue weighted by Gasteiger charge is 2.54. The Morgan fingerprint density at radius 1 is 1.31 bits per heavy atom. The molecule has 2 fully saturated rings. The normalized spacial score (nSPS) is 38.2. The van der Waals surface area contributed by atoms with Crippen LogP contribution in [0.25, 0.3) is 0 Å². The zero-order valence-corrected chi connectivity index (χ0v) is 16.4. The van der Waals surface area contributed by atoms with Gasteiger partial charge in [-0.3, -0.25) is 9.59 Å². The quantitative estimate of drug-likeness (QED) is 0.588. The predicted octanol–water partition coefficient (Wildman–Crippen LogP) is 4.67. The van der Waals surface area contributed by atoms with E-state index in [0.717, 1.165) is 38.2 Å². The molecule has 3 aliphatic carbocycles. The summed E-state index contributed by atoms with van der Waals surface area (Å²) < 4.78 is 5.08. The lowest BCUT2D eigenvalue weighted by molar-refractivity contribution is -0.120. The molecule has 3 aliphatic rings.